The van der Waals surface area contributed by atoms with Gasteiger partial charge in [0.25, 0.3) is 0 Å². The van der Waals surface area contributed by atoms with Gasteiger partial charge in [-0.1, -0.05) is 29.8 Å². The van der Waals surface area contributed by atoms with E-state index in [0.717, 1.165) is 6.08 Å². The number of nitrogens with zero attached hydrogens (tertiary/aromatic N) is 1. The Morgan fingerprint density at radius 2 is 2.36 bits per heavy atom. The zero-order chi connectivity index (χ0) is 8.32. The first kappa shape index (κ1) is 8.18. The van der Waals surface area contributed by atoms with Crippen LogP contribution in [-0.4, -0.2) is 17.2 Å². The lowest BCUT2D eigenvalue weighted by Gasteiger charge is -2.19. The van der Waals surface area contributed by atoms with Crippen LogP contribution < -0.4 is 0 Å². The molecule has 0 saturated heterocycles. The fourth-order valence-electron chi connectivity index (χ4n) is 0.766. The number of carbonyl (C=O) groups excluding carboxylic acids is 1. The van der Waals surface area contributed by atoms with Crippen LogP contribution in [0, 0.1) is 0 Å². The lowest BCUT2D eigenvalue weighted by molar-refractivity contribution is 0.316. The zero-order valence-electron chi connectivity index (χ0n) is 5.50. The van der Waals surface area contributed by atoms with Crippen molar-refractivity contribution in [2.24, 2.45) is 4.99 Å². The third-order valence-electron chi connectivity index (χ3n) is 1.31. The van der Waals surface area contributed by atoms with Gasteiger partial charge in [0.05, 0.1) is 0 Å². The average molecular weight is 174 g/mol. The van der Waals surface area contributed by atoms with Gasteiger partial charge in [0.1, 0.15) is 6.04 Å². The minimum atomic E-state index is -2.08. The lowest BCUT2D eigenvalue weighted by atomic mass is 10.1. The molecule has 0 amide bonds. The van der Waals surface area contributed by atoms with Crippen LogP contribution in [0.15, 0.2) is 29.3 Å². The monoisotopic (exact) mass is 173 g/mol. The van der Waals surface area contributed by atoms with E-state index in [1.807, 2.05) is 0 Å². The number of aliphatic imine (C=N–C) groups is 1. The van der Waals surface area contributed by atoms with Crippen LogP contribution in [0.25, 0.3) is 0 Å². The van der Waals surface area contributed by atoms with Crippen molar-refractivity contribution in [3.63, 3.8) is 0 Å². The Balaban J connectivity index is 2.88. The third-order valence-corrected chi connectivity index (χ3v) is 1.66. The normalized spacial score (nSPS) is 34.9. The predicted octanol–water partition coefficient (Wildman–Crippen LogP) is 1.72. The molecule has 0 aliphatic heterocycles. The summed E-state index contributed by atoms with van der Waals surface area (Å²) in [5, 5.41) is -2.08. The number of allylic oxidation sites excluding steroid dienone is 2. The highest BCUT2D eigenvalue weighted by Crippen LogP contribution is 2.29. The first-order valence-corrected chi connectivity index (χ1v) is 3.35. The molecule has 0 radical (unpaired) electrons. The van der Waals surface area contributed by atoms with Gasteiger partial charge in [-0.3, -0.25) is 0 Å². The Kier molecular flexibility index (Phi) is 2.22. The molecule has 1 aliphatic rings. The first-order chi connectivity index (χ1) is 5.17. The Morgan fingerprint density at radius 3 is 2.91 bits per heavy atom. The molecule has 0 saturated carbocycles. The molecule has 2 atom stereocenters. The van der Waals surface area contributed by atoms with Crippen LogP contribution in [0.5, 0.6) is 0 Å². The second-order valence-electron chi connectivity index (χ2n) is 2.08. The molecule has 11 heavy (non-hydrogen) atoms. The van der Waals surface area contributed by atoms with Crippen molar-refractivity contribution < 1.29 is 9.18 Å². The fraction of sp³-hybridized carbons (Fsp3) is 0.286. The summed E-state index contributed by atoms with van der Waals surface area (Å²) in [5.74, 6) is 0. The zero-order valence-corrected chi connectivity index (χ0v) is 6.25. The van der Waals surface area contributed by atoms with Gasteiger partial charge in [-0.05, 0) is 6.08 Å². The average Bonchev–Trinajstić information content (AvgIpc) is 1.94. The van der Waals surface area contributed by atoms with Crippen LogP contribution in [0.3, 0.4) is 0 Å². The van der Waals surface area contributed by atoms with Gasteiger partial charge in [0.2, 0.25) is 11.2 Å². The number of halogens is 2. The van der Waals surface area contributed by atoms with Crippen molar-refractivity contribution in [1.29, 1.82) is 0 Å². The highest BCUT2D eigenvalue weighted by Gasteiger charge is 2.33. The van der Waals surface area contributed by atoms with Crippen LogP contribution in [0.2, 0.25) is 0 Å². The number of isocyanates is 1. The van der Waals surface area contributed by atoms with E-state index in [4.69, 9.17) is 11.6 Å². The number of rotatable bonds is 1. The Labute approximate surface area is 68.1 Å². The summed E-state index contributed by atoms with van der Waals surface area (Å²) >= 11 is 5.34. The van der Waals surface area contributed by atoms with Crippen molar-refractivity contribution in [3.05, 3.63) is 24.3 Å². The molecule has 2 nitrogen and oxygen atoms in total. The molecular formula is C7H5ClFNO. The molecule has 0 fully saturated rings. The molecular weight excluding hydrogens is 169 g/mol. The Bertz CT molecular complexity index is 253. The SMILES string of the molecule is O=C=NC1C=CC=CC1(F)Cl. The summed E-state index contributed by atoms with van der Waals surface area (Å²) in [6.45, 7) is 0. The number of hydrogen-bond acceptors (Lipinski definition) is 2. The van der Waals surface area contributed by atoms with Crippen molar-refractivity contribution in [1.82, 2.24) is 0 Å². The highest BCUT2D eigenvalue weighted by atomic mass is 35.5. The summed E-state index contributed by atoms with van der Waals surface area (Å²) in [5.41, 5.74) is 0. The molecule has 2 unspecified atom stereocenters. The van der Waals surface area contributed by atoms with E-state index in [9.17, 15) is 9.18 Å². The van der Waals surface area contributed by atoms with Gasteiger partial charge in [0, 0.05) is 0 Å². The fourth-order valence-corrected chi connectivity index (χ4v) is 0.960. The molecule has 0 aromatic rings. The Hall–Kier alpha value is -0.920. The minimum Gasteiger partial charge on any atom is -0.219 e. The maximum absolute atomic E-state index is 13.1. The second kappa shape index (κ2) is 2.99. The van der Waals surface area contributed by atoms with Gasteiger partial charge >= 0.3 is 0 Å². The molecule has 0 aromatic carbocycles. The summed E-state index contributed by atoms with van der Waals surface area (Å²) in [4.78, 5) is 13.0. The smallest absolute Gasteiger partial charge is 0.219 e. The molecule has 58 valence electrons. The van der Waals surface area contributed by atoms with E-state index < -0.39 is 11.2 Å². The topological polar surface area (TPSA) is 29.4 Å². The van der Waals surface area contributed by atoms with Crippen LogP contribution >= 0.6 is 11.6 Å². The number of hydrogen-bond donors (Lipinski definition) is 0. The minimum absolute atomic E-state index is 0.952. The van der Waals surface area contributed by atoms with Gasteiger partial charge < -0.3 is 0 Å². The van der Waals surface area contributed by atoms with Gasteiger partial charge in [-0.25, -0.2) is 9.18 Å². The summed E-state index contributed by atoms with van der Waals surface area (Å²) in [6.07, 6.45) is 6.84. The lowest BCUT2D eigenvalue weighted by Crippen LogP contribution is -2.28. The largest absolute Gasteiger partial charge is 0.235 e. The van der Waals surface area contributed by atoms with E-state index >= 15 is 0 Å². The molecule has 0 spiro atoms. The third kappa shape index (κ3) is 1.76. The molecule has 1 rings (SSSR count). The van der Waals surface area contributed by atoms with Gasteiger partial charge in [-0.15, -0.1) is 0 Å². The molecule has 1 aliphatic carbocycles. The molecule has 0 heterocycles. The second-order valence-corrected chi connectivity index (χ2v) is 2.66. The Morgan fingerprint density at radius 1 is 1.64 bits per heavy atom. The summed E-state index contributed by atoms with van der Waals surface area (Å²) in [7, 11) is 0. The maximum atomic E-state index is 13.1. The highest BCUT2D eigenvalue weighted by molar-refractivity contribution is 6.25. The molecule has 0 bridgehead atoms. The van der Waals surface area contributed by atoms with Crippen molar-refractivity contribution >= 4 is 17.7 Å². The number of alkyl halides is 2. The van der Waals surface area contributed by atoms with Crippen LogP contribution in [-0.2, 0) is 4.79 Å². The molecule has 0 aromatic heterocycles. The molecule has 4 heteroatoms. The van der Waals surface area contributed by atoms with E-state index in [2.05, 4.69) is 4.99 Å². The van der Waals surface area contributed by atoms with E-state index in [1.54, 1.807) is 6.08 Å². The van der Waals surface area contributed by atoms with Gasteiger partial charge in [0.15, 0.2) is 0 Å². The standard InChI is InChI=1S/C7H5ClFNO/c8-7(9)4-2-1-3-6(7)10-5-11/h1-4,6H. The van der Waals surface area contributed by atoms with Crippen molar-refractivity contribution in [2.45, 2.75) is 11.2 Å². The first-order valence-electron chi connectivity index (χ1n) is 2.97. The van der Waals surface area contributed by atoms with Gasteiger partial charge in [-0.2, -0.15) is 4.99 Å². The summed E-state index contributed by atoms with van der Waals surface area (Å²) < 4.78 is 13.1. The van der Waals surface area contributed by atoms with Crippen molar-refractivity contribution in [3.8, 4) is 0 Å². The molecule has 0 N–H and O–H groups in total. The van der Waals surface area contributed by atoms with E-state index in [1.165, 1.54) is 18.2 Å². The van der Waals surface area contributed by atoms with E-state index in [0.29, 0.717) is 0 Å². The van der Waals surface area contributed by atoms with E-state index in [-0.39, 0.29) is 0 Å². The van der Waals surface area contributed by atoms with Crippen LogP contribution in [0.1, 0.15) is 0 Å². The van der Waals surface area contributed by atoms with Crippen LogP contribution in [0.4, 0.5) is 4.39 Å². The summed E-state index contributed by atoms with van der Waals surface area (Å²) in [6, 6.07) is -0.952. The maximum Gasteiger partial charge on any atom is 0.235 e. The predicted molar refractivity (Wildman–Crippen MR) is 39.9 cm³/mol. The van der Waals surface area contributed by atoms with Crippen molar-refractivity contribution in [2.75, 3.05) is 0 Å². The quantitative estimate of drug-likeness (QED) is 0.337.